The van der Waals surface area contributed by atoms with Gasteiger partial charge in [0, 0.05) is 32.7 Å². The highest BCUT2D eigenvalue weighted by molar-refractivity contribution is 5.61. The van der Waals surface area contributed by atoms with Gasteiger partial charge in [-0.1, -0.05) is 0 Å². The summed E-state index contributed by atoms with van der Waals surface area (Å²) < 4.78 is 19.2. The van der Waals surface area contributed by atoms with Gasteiger partial charge < -0.3 is 19.8 Å². The van der Waals surface area contributed by atoms with Gasteiger partial charge in [0.25, 0.3) is 0 Å². The van der Waals surface area contributed by atoms with Crippen molar-refractivity contribution in [3.8, 4) is 6.07 Å². The molecule has 9 nitrogen and oxygen atoms in total. The van der Waals surface area contributed by atoms with Gasteiger partial charge in [0.2, 0.25) is 0 Å². The molecule has 1 aliphatic rings. The molecule has 0 unspecified atom stereocenters. The Balaban J connectivity index is 1.53. The van der Waals surface area contributed by atoms with Crippen LogP contribution in [0.4, 0.5) is 26.5 Å². The Labute approximate surface area is 186 Å². The molecule has 3 rings (SSSR count). The van der Waals surface area contributed by atoms with E-state index in [4.69, 9.17) is 14.8 Å². The van der Waals surface area contributed by atoms with Crippen molar-refractivity contribution >= 4 is 23.5 Å². The molecule has 1 saturated heterocycles. The number of nitrogens with zero attached hydrogens (tertiary/aromatic N) is 5. The van der Waals surface area contributed by atoms with Crippen molar-refractivity contribution in [2.75, 3.05) is 36.9 Å². The lowest BCUT2D eigenvalue weighted by atomic mass is 9.97. The van der Waals surface area contributed by atoms with Crippen molar-refractivity contribution < 1.29 is 18.8 Å². The molecular weight excluding hydrogens is 415 g/mol. The Morgan fingerprint density at radius 3 is 2.75 bits per heavy atom. The molecule has 170 valence electrons. The summed E-state index contributed by atoms with van der Waals surface area (Å²) in [5.74, 6) is 1.04. The zero-order valence-corrected chi connectivity index (χ0v) is 18.4. The van der Waals surface area contributed by atoms with Gasteiger partial charge in [-0.3, -0.25) is 0 Å². The molecule has 32 heavy (non-hydrogen) atoms. The van der Waals surface area contributed by atoms with Crippen LogP contribution in [-0.2, 0) is 9.57 Å². The fraction of sp³-hybridized carbons (Fsp3) is 0.455. The van der Waals surface area contributed by atoms with E-state index in [1.165, 1.54) is 24.5 Å². The number of carbonyl (C=O) groups is 1. The Morgan fingerprint density at radius 2 is 2.09 bits per heavy atom. The predicted molar refractivity (Wildman–Crippen MR) is 117 cm³/mol. The Morgan fingerprint density at radius 1 is 1.34 bits per heavy atom. The fourth-order valence-corrected chi connectivity index (χ4v) is 3.43. The summed E-state index contributed by atoms with van der Waals surface area (Å²) in [6, 6.07) is 7.88. The van der Waals surface area contributed by atoms with E-state index in [9.17, 15) is 9.18 Å². The van der Waals surface area contributed by atoms with Crippen LogP contribution in [0.5, 0.6) is 0 Å². The number of hydroxylamine groups is 2. The van der Waals surface area contributed by atoms with Gasteiger partial charge in [0.1, 0.15) is 23.8 Å². The molecule has 0 saturated carbocycles. The smallest absolute Gasteiger partial charge is 0.430 e. The Bertz CT molecular complexity index is 972. The van der Waals surface area contributed by atoms with E-state index in [2.05, 4.69) is 15.3 Å². The maximum atomic E-state index is 14.2. The SMILES string of the molecule is CC(C)OC(=O)ON1CCC(CN(C)c2cc(Nc3ccc(C#N)cc3F)ncn2)CC1. The van der Waals surface area contributed by atoms with E-state index >= 15 is 0 Å². The zero-order valence-electron chi connectivity index (χ0n) is 18.4. The number of aromatic nitrogens is 2. The van der Waals surface area contributed by atoms with Crippen LogP contribution in [0.25, 0.3) is 0 Å². The van der Waals surface area contributed by atoms with Gasteiger partial charge in [-0.25, -0.2) is 19.2 Å². The molecule has 0 spiro atoms. The highest BCUT2D eigenvalue weighted by Gasteiger charge is 2.24. The summed E-state index contributed by atoms with van der Waals surface area (Å²) in [6.45, 7) is 5.60. The largest absolute Gasteiger partial charge is 0.528 e. The molecule has 1 N–H and O–H groups in total. The van der Waals surface area contributed by atoms with Crippen molar-refractivity contribution in [3.05, 3.63) is 42.0 Å². The van der Waals surface area contributed by atoms with Crippen molar-refractivity contribution in [2.24, 2.45) is 5.92 Å². The summed E-state index contributed by atoms with van der Waals surface area (Å²) in [7, 11) is 1.94. The van der Waals surface area contributed by atoms with Gasteiger partial charge in [-0.05, 0) is 50.8 Å². The van der Waals surface area contributed by atoms with Crippen LogP contribution in [-0.4, -0.2) is 54.0 Å². The molecule has 10 heteroatoms. The van der Waals surface area contributed by atoms with E-state index in [1.807, 2.05) is 18.0 Å². The number of rotatable bonds is 7. The van der Waals surface area contributed by atoms with Crippen LogP contribution in [0.15, 0.2) is 30.6 Å². The van der Waals surface area contributed by atoms with E-state index in [1.54, 1.807) is 25.0 Å². The minimum atomic E-state index is -0.671. The van der Waals surface area contributed by atoms with E-state index in [0.717, 1.165) is 19.4 Å². The number of hydrogen-bond donors (Lipinski definition) is 1. The molecule has 2 aromatic rings. The van der Waals surface area contributed by atoms with Gasteiger partial charge in [-0.2, -0.15) is 5.26 Å². The van der Waals surface area contributed by atoms with Gasteiger partial charge in [0.15, 0.2) is 0 Å². The number of carbonyl (C=O) groups excluding carboxylic acids is 1. The summed E-state index contributed by atoms with van der Waals surface area (Å²) in [5, 5.41) is 13.4. The summed E-state index contributed by atoms with van der Waals surface area (Å²) in [4.78, 5) is 27.3. The average molecular weight is 442 g/mol. The summed E-state index contributed by atoms with van der Waals surface area (Å²) >= 11 is 0. The number of anilines is 3. The van der Waals surface area contributed by atoms with Crippen LogP contribution < -0.4 is 10.2 Å². The third-order valence-electron chi connectivity index (χ3n) is 5.05. The highest BCUT2D eigenvalue weighted by Crippen LogP contribution is 2.24. The number of ether oxygens (including phenoxy) is 1. The second-order valence-electron chi connectivity index (χ2n) is 7.95. The molecule has 1 aliphatic heterocycles. The second kappa shape index (κ2) is 10.7. The minimum Gasteiger partial charge on any atom is -0.430 e. The maximum absolute atomic E-state index is 14.2. The van der Waals surface area contributed by atoms with Crippen LogP contribution in [0.1, 0.15) is 32.3 Å². The highest BCUT2D eigenvalue weighted by atomic mass is 19.1. The first-order valence-corrected chi connectivity index (χ1v) is 10.5. The van der Waals surface area contributed by atoms with Gasteiger partial charge in [-0.15, -0.1) is 5.06 Å². The predicted octanol–water partition coefficient (Wildman–Crippen LogP) is 3.86. The van der Waals surface area contributed by atoms with Crippen molar-refractivity contribution in [3.63, 3.8) is 0 Å². The molecule has 2 heterocycles. The third kappa shape index (κ3) is 6.52. The van der Waals surface area contributed by atoms with Crippen LogP contribution >= 0.6 is 0 Å². The van der Waals surface area contributed by atoms with E-state index < -0.39 is 12.0 Å². The molecule has 0 amide bonds. The number of piperidine rings is 1. The number of hydrogen-bond acceptors (Lipinski definition) is 9. The standard InChI is InChI=1S/C22H27FN6O3/c1-15(2)31-22(30)32-29-8-6-16(7-9-29)13-28(3)21-11-20(25-14-26-21)27-19-5-4-17(12-24)10-18(19)23/h4-5,10-11,14-16H,6-9,13H2,1-3H3,(H,25,26,27). The monoisotopic (exact) mass is 442 g/mol. The lowest BCUT2D eigenvalue weighted by Gasteiger charge is -2.32. The minimum absolute atomic E-state index is 0.214. The molecule has 0 atom stereocenters. The first-order chi connectivity index (χ1) is 15.3. The van der Waals surface area contributed by atoms with Crippen molar-refractivity contribution in [2.45, 2.75) is 32.8 Å². The Kier molecular flexibility index (Phi) is 7.78. The molecule has 1 fully saturated rings. The molecule has 0 bridgehead atoms. The normalized spacial score (nSPS) is 14.6. The molecule has 1 aromatic carbocycles. The lowest BCUT2D eigenvalue weighted by Crippen LogP contribution is -2.39. The quantitative estimate of drug-likeness (QED) is 0.640. The first-order valence-electron chi connectivity index (χ1n) is 10.5. The van der Waals surface area contributed by atoms with Gasteiger partial charge in [0.05, 0.1) is 23.4 Å². The fourth-order valence-electron chi connectivity index (χ4n) is 3.43. The number of nitriles is 1. The van der Waals surface area contributed by atoms with Crippen LogP contribution in [0, 0.1) is 23.1 Å². The van der Waals surface area contributed by atoms with E-state index in [-0.39, 0.29) is 17.4 Å². The Hall–Kier alpha value is -3.45. The van der Waals surface area contributed by atoms with E-state index in [0.29, 0.717) is 30.6 Å². The second-order valence-corrected chi connectivity index (χ2v) is 7.95. The number of benzene rings is 1. The van der Waals surface area contributed by atoms with Crippen LogP contribution in [0.2, 0.25) is 0 Å². The first kappa shape index (κ1) is 23.2. The number of nitrogens with one attached hydrogen (secondary N) is 1. The molecule has 0 aliphatic carbocycles. The summed E-state index contributed by atoms with van der Waals surface area (Å²) in [6.07, 6.45) is 2.27. The third-order valence-corrected chi connectivity index (χ3v) is 5.05. The molecule has 1 aromatic heterocycles. The van der Waals surface area contributed by atoms with Crippen molar-refractivity contribution in [1.82, 2.24) is 15.0 Å². The molecule has 0 radical (unpaired) electrons. The average Bonchev–Trinajstić information content (AvgIpc) is 2.76. The topological polar surface area (TPSA) is 104 Å². The number of halogens is 1. The van der Waals surface area contributed by atoms with Crippen LogP contribution in [0.3, 0.4) is 0 Å². The maximum Gasteiger partial charge on any atom is 0.528 e. The molecular formula is C22H27FN6O3. The zero-order chi connectivity index (χ0) is 23.1. The van der Waals surface area contributed by atoms with Crippen molar-refractivity contribution in [1.29, 1.82) is 5.26 Å². The summed E-state index contributed by atoms with van der Waals surface area (Å²) in [5.41, 5.74) is 0.490. The lowest BCUT2D eigenvalue weighted by molar-refractivity contribution is -0.146. The van der Waals surface area contributed by atoms with Gasteiger partial charge >= 0.3 is 6.16 Å².